The zero-order chi connectivity index (χ0) is 20.4. The van der Waals surface area contributed by atoms with Crippen LogP contribution in [0.15, 0.2) is 59.4 Å². The summed E-state index contributed by atoms with van der Waals surface area (Å²) in [6.07, 6.45) is 0.871. The predicted octanol–water partition coefficient (Wildman–Crippen LogP) is 2.73. The Labute approximate surface area is 171 Å². The molecule has 1 saturated heterocycles. The van der Waals surface area contributed by atoms with Gasteiger partial charge in [-0.25, -0.2) is 4.79 Å². The fourth-order valence-corrected chi connectivity index (χ4v) is 4.27. The number of carbonyl (C=O) groups is 1. The fourth-order valence-electron chi connectivity index (χ4n) is 4.27. The lowest BCUT2D eigenvalue weighted by atomic mass is 10.0. The first kappa shape index (κ1) is 19.5. The van der Waals surface area contributed by atoms with Gasteiger partial charge in [-0.3, -0.25) is 13.9 Å². The SMILES string of the molecule is CCCn1c(=O)n(CC(=O)N2CCN(C)CC2c2ccccc2)c2ccccc21. The standard InChI is InChI=1S/C23H28N4O2/c1-3-13-26-19-11-7-8-12-20(19)27(23(26)29)17-22(28)25-15-14-24(2)16-21(25)18-9-5-4-6-10-18/h4-12,21H,3,13-17H2,1-2H3. The van der Waals surface area contributed by atoms with Gasteiger partial charge in [-0.2, -0.15) is 0 Å². The van der Waals surface area contributed by atoms with Crippen LogP contribution in [0.4, 0.5) is 0 Å². The molecule has 4 rings (SSSR count). The lowest BCUT2D eigenvalue weighted by Gasteiger charge is -2.40. The molecule has 0 radical (unpaired) electrons. The van der Waals surface area contributed by atoms with Crippen molar-refractivity contribution in [1.82, 2.24) is 18.9 Å². The van der Waals surface area contributed by atoms with Gasteiger partial charge in [0.05, 0.1) is 17.1 Å². The number of para-hydroxylation sites is 2. The molecule has 152 valence electrons. The van der Waals surface area contributed by atoms with E-state index in [9.17, 15) is 9.59 Å². The minimum atomic E-state index is -0.105. The molecule has 1 atom stereocenters. The number of fused-ring (bicyclic) bond motifs is 1. The molecule has 0 saturated carbocycles. The number of hydrogen-bond donors (Lipinski definition) is 0. The van der Waals surface area contributed by atoms with E-state index >= 15 is 0 Å². The summed E-state index contributed by atoms with van der Waals surface area (Å²) >= 11 is 0. The summed E-state index contributed by atoms with van der Waals surface area (Å²) in [5.41, 5.74) is 2.75. The number of imidazole rings is 1. The average molecular weight is 393 g/mol. The van der Waals surface area contributed by atoms with Crippen molar-refractivity contribution in [2.24, 2.45) is 0 Å². The van der Waals surface area contributed by atoms with Crippen molar-refractivity contribution >= 4 is 16.9 Å². The summed E-state index contributed by atoms with van der Waals surface area (Å²) in [5.74, 6) is -0.00606. The Balaban J connectivity index is 1.67. The van der Waals surface area contributed by atoms with Gasteiger partial charge in [-0.1, -0.05) is 49.4 Å². The first-order chi connectivity index (χ1) is 14.1. The van der Waals surface area contributed by atoms with Crippen molar-refractivity contribution in [3.63, 3.8) is 0 Å². The Morgan fingerprint density at radius 2 is 1.62 bits per heavy atom. The number of benzene rings is 2. The Bertz CT molecular complexity index is 1050. The molecule has 0 bridgehead atoms. The highest BCUT2D eigenvalue weighted by atomic mass is 16.2. The molecule has 0 aliphatic carbocycles. The zero-order valence-electron chi connectivity index (χ0n) is 17.1. The molecule has 0 spiro atoms. The molecular weight excluding hydrogens is 364 g/mol. The molecule has 2 aromatic carbocycles. The van der Waals surface area contributed by atoms with Crippen LogP contribution in [0.3, 0.4) is 0 Å². The zero-order valence-corrected chi connectivity index (χ0v) is 17.1. The summed E-state index contributed by atoms with van der Waals surface area (Å²) in [6, 6.07) is 17.9. The number of carbonyl (C=O) groups excluding carboxylic acids is 1. The minimum absolute atomic E-state index is 0.00198. The van der Waals surface area contributed by atoms with Gasteiger partial charge in [0.1, 0.15) is 6.54 Å². The molecule has 1 fully saturated rings. The van der Waals surface area contributed by atoms with E-state index in [-0.39, 0.29) is 24.2 Å². The van der Waals surface area contributed by atoms with Crippen LogP contribution in [0, 0.1) is 0 Å². The first-order valence-corrected chi connectivity index (χ1v) is 10.3. The number of aromatic nitrogens is 2. The van der Waals surface area contributed by atoms with E-state index in [0.717, 1.165) is 36.1 Å². The maximum Gasteiger partial charge on any atom is 0.329 e. The summed E-state index contributed by atoms with van der Waals surface area (Å²) in [4.78, 5) is 30.6. The number of piperazine rings is 1. The topological polar surface area (TPSA) is 50.5 Å². The second kappa shape index (κ2) is 8.25. The van der Waals surface area contributed by atoms with E-state index in [2.05, 4.69) is 31.0 Å². The third-order valence-corrected chi connectivity index (χ3v) is 5.75. The molecule has 1 unspecified atom stereocenters. The number of likely N-dealkylation sites (N-methyl/N-ethyl adjacent to an activating group) is 1. The van der Waals surface area contributed by atoms with Gasteiger partial charge in [-0.05, 0) is 31.2 Å². The van der Waals surface area contributed by atoms with Crippen LogP contribution in [0.1, 0.15) is 24.9 Å². The number of hydrogen-bond acceptors (Lipinski definition) is 3. The fraction of sp³-hybridized carbons (Fsp3) is 0.391. The quantitative estimate of drug-likeness (QED) is 0.671. The first-order valence-electron chi connectivity index (χ1n) is 10.3. The molecule has 6 nitrogen and oxygen atoms in total. The van der Waals surface area contributed by atoms with Gasteiger partial charge >= 0.3 is 5.69 Å². The van der Waals surface area contributed by atoms with Crippen molar-refractivity contribution in [1.29, 1.82) is 0 Å². The molecule has 1 aliphatic heterocycles. The van der Waals surface area contributed by atoms with E-state index in [1.54, 1.807) is 9.13 Å². The van der Waals surface area contributed by atoms with Crippen LogP contribution < -0.4 is 5.69 Å². The van der Waals surface area contributed by atoms with Crippen LogP contribution in [-0.2, 0) is 17.9 Å². The van der Waals surface area contributed by atoms with Crippen molar-refractivity contribution in [2.45, 2.75) is 32.5 Å². The van der Waals surface area contributed by atoms with Crippen LogP contribution in [0.2, 0.25) is 0 Å². The maximum absolute atomic E-state index is 13.4. The molecule has 2 heterocycles. The molecule has 1 aliphatic rings. The molecule has 1 aromatic heterocycles. The van der Waals surface area contributed by atoms with Crippen LogP contribution >= 0.6 is 0 Å². The molecule has 29 heavy (non-hydrogen) atoms. The maximum atomic E-state index is 13.4. The van der Waals surface area contributed by atoms with E-state index < -0.39 is 0 Å². The Morgan fingerprint density at radius 3 is 2.31 bits per heavy atom. The summed E-state index contributed by atoms with van der Waals surface area (Å²) in [7, 11) is 2.08. The third-order valence-electron chi connectivity index (χ3n) is 5.75. The monoisotopic (exact) mass is 392 g/mol. The molecule has 6 heteroatoms. The van der Waals surface area contributed by atoms with Crippen molar-refractivity contribution < 1.29 is 4.79 Å². The smallest absolute Gasteiger partial charge is 0.329 e. The minimum Gasteiger partial charge on any atom is -0.332 e. The van der Waals surface area contributed by atoms with Crippen molar-refractivity contribution in [2.75, 3.05) is 26.7 Å². The Hall–Kier alpha value is -2.86. The number of amides is 1. The summed E-state index contributed by atoms with van der Waals surface area (Å²) in [5, 5.41) is 0. The largest absolute Gasteiger partial charge is 0.332 e. The van der Waals surface area contributed by atoms with Crippen LogP contribution in [-0.4, -0.2) is 51.5 Å². The van der Waals surface area contributed by atoms with E-state index in [1.165, 1.54) is 0 Å². The van der Waals surface area contributed by atoms with Crippen LogP contribution in [0.5, 0.6) is 0 Å². The summed E-state index contributed by atoms with van der Waals surface area (Å²) in [6.45, 7) is 5.07. The second-order valence-electron chi connectivity index (χ2n) is 7.78. The van der Waals surface area contributed by atoms with Gasteiger partial charge in [0, 0.05) is 26.2 Å². The highest BCUT2D eigenvalue weighted by molar-refractivity contribution is 5.81. The lowest BCUT2D eigenvalue weighted by molar-refractivity contribution is -0.136. The van der Waals surface area contributed by atoms with Crippen LogP contribution in [0.25, 0.3) is 11.0 Å². The number of nitrogens with zero attached hydrogens (tertiary/aromatic N) is 4. The summed E-state index contributed by atoms with van der Waals surface area (Å²) < 4.78 is 3.41. The van der Waals surface area contributed by atoms with Gasteiger partial charge < -0.3 is 9.80 Å². The number of aryl methyl sites for hydroxylation is 1. The van der Waals surface area contributed by atoms with Gasteiger partial charge in [0.25, 0.3) is 0 Å². The highest BCUT2D eigenvalue weighted by Crippen LogP contribution is 2.25. The molecule has 0 N–H and O–H groups in total. The van der Waals surface area contributed by atoms with Gasteiger partial charge in [0.2, 0.25) is 5.91 Å². The van der Waals surface area contributed by atoms with Gasteiger partial charge in [0.15, 0.2) is 0 Å². The van der Waals surface area contributed by atoms with E-state index in [0.29, 0.717) is 13.1 Å². The Kier molecular flexibility index (Phi) is 5.53. The van der Waals surface area contributed by atoms with Gasteiger partial charge in [-0.15, -0.1) is 0 Å². The van der Waals surface area contributed by atoms with E-state index in [4.69, 9.17) is 0 Å². The van der Waals surface area contributed by atoms with E-state index in [1.807, 2.05) is 47.4 Å². The second-order valence-corrected chi connectivity index (χ2v) is 7.78. The molecule has 1 amide bonds. The Morgan fingerprint density at radius 1 is 0.966 bits per heavy atom. The average Bonchev–Trinajstić information content (AvgIpc) is 3.00. The number of rotatable bonds is 5. The molecular formula is C23H28N4O2. The van der Waals surface area contributed by atoms with Crippen molar-refractivity contribution in [3.8, 4) is 0 Å². The third kappa shape index (κ3) is 3.72. The highest BCUT2D eigenvalue weighted by Gasteiger charge is 2.30. The normalized spacial score (nSPS) is 17.7. The van der Waals surface area contributed by atoms with Crippen molar-refractivity contribution in [3.05, 3.63) is 70.6 Å². The predicted molar refractivity (Wildman–Crippen MR) is 115 cm³/mol. The molecule has 3 aromatic rings. The lowest BCUT2D eigenvalue weighted by Crippen LogP contribution is -2.50.